The lowest BCUT2D eigenvalue weighted by molar-refractivity contribution is -0.275. The summed E-state index contributed by atoms with van der Waals surface area (Å²) in [6, 6.07) is 4.71. The Bertz CT molecular complexity index is 958. The van der Waals surface area contributed by atoms with Crippen molar-refractivity contribution >= 4 is 8.80 Å². The van der Waals surface area contributed by atoms with E-state index in [4.69, 9.17) is 27.5 Å². The van der Waals surface area contributed by atoms with Crippen molar-refractivity contribution in [3.8, 4) is 11.5 Å². The molecular formula is C27H40F6O6Si. The molecule has 0 atom stereocenters. The van der Waals surface area contributed by atoms with Crippen molar-refractivity contribution in [1.29, 1.82) is 0 Å². The van der Waals surface area contributed by atoms with Crippen LogP contribution in [0.2, 0.25) is 6.04 Å². The smallest absolute Gasteiger partial charge is 0.493 e. The standard InChI is InChI=1S/C27H40F6O6Si/c1-6-10-11-12-17-35-23-24(26(30,31)27(32,33)25(23,28)29)39-21-16-15-20(19-22(21)34-5)14-13-18-40(36-7-2,37-8-3)38-9-4/h15-16,19H,6-14,17-18H2,1-5H3. The fraction of sp³-hybridized carbons (Fsp3) is 0.704. The largest absolute Gasteiger partial charge is 0.500 e. The lowest BCUT2D eigenvalue weighted by Crippen LogP contribution is -2.49. The van der Waals surface area contributed by atoms with Gasteiger partial charge in [-0.1, -0.05) is 32.3 Å². The van der Waals surface area contributed by atoms with Gasteiger partial charge in [0.15, 0.2) is 11.5 Å². The Labute approximate surface area is 233 Å². The lowest BCUT2D eigenvalue weighted by Gasteiger charge is -2.28. The monoisotopic (exact) mass is 602 g/mol. The van der Waals surface area contributed by atoms with Crippen molar-refractivity contribution in [2.75, 3.05) is 33.5 Å². The minimum absolute atomic E-state index is 0.0930. The average molecular weight is 603 g/mol. The molecule has 6 nitrogen and oxygen atoms in total. The number of aryl methyl sites for hydroxylation is 1. The molecule has 0 saturated carbocycles. The second kappa shape index (κ2) is 14.8. The molecule has 0 saturated heterocycles. The van der Waals surface area contributed by atoms with Gasteiger partial charge in [0.1, 0.15) is 0 Å². The molecule has 0 unspecified atom stereocenters. The molecule has 0 aliphatic heterocycles. The predicted octanol–water partition coefficient (Wildman–Crippen LogP) is 7.78. The maximum absolute atomic E-state index is 14.7. The summed E-state index contributed by atoms with van der Waals surface area (Å²) in [5, 5.41) is 0. The first-order valence-electron chi connectivity index (χ1n) is 13.6. The van der Waals surface area contributed by atoms with Crippen LogP contribution in [-0.4, -0.2) is 60.1 Å². The molecule has 0 fully saturated rings. The molecule has 2 rings (SSSR count). The van der Waals surface area contributed by atoms with E-state index in [9.17, 15) is 26.3 Å². The van der Waals surface area contributed by atoms with Crippen LogP contribution >= 0.6 is 0 Å². The Morgan fingerprint density at radius 2 is 1.32 bits per heavy atom. The third-order valence-electron chi connectivity index (χ3n) is 6.29. The number of rotatable bonds is 19. The highest BCUT2D eigenvalue weighted by Gasteiger charge is 2.83. The topological polar surface area (TPSA) is 55.4 Å². The Balaban J connectivity index is 2.27. The van der Waals surface area contributed by atoms with Gasteiger partial charge in [-0.2, -0.15) is 26.3 Å². The zero-order valence-corrected chi connectivity index (χ0v) is 24.7. The van der Waals surface area contributed by atoms with Crippen molar-refractivity contribution in [1.82, 2.24) is 0 Å². The molecular weight excluding hydrogens is 562 g/mol. The van der Waals surface area contributed by atoms with Gasteiger partial charge in [-0.25, -0.2) is 0 Å². The van der Waals surface area contributed by atoms with Gasteiger partial charge in [0.05, 0.1) is 13.7 Å². The summed E-state index contributed by atoms with van der Waals surface area (Å²) in [6.07, 6.45) is 3.46. The van der Waals surface area contributed by atoms with Crippen LogP contribution in [0.15, 0.2) is 29.7 Å². The van der Waals surface area contributed by atoms with Gasteiger partial charge in [-0.05, 0) is 57.7 Å². The zero-order valence-electron chi connectivity index (χ0n) is 23.7. The molecule has 0 amide bonds. The van der Waals surface area contributed by atoms with Crippen molar-refractivity contribution < 1.29 is 53.8 Å². The van der Waals surface area contributed by atoms with E-state index < -0.39 is 50.4 Å². The molecule has 13 heteroatoms. The fourth-order valence-electron chi connectivity index (χ4n) is 4.31. The van der Waals surface area contributed by atoms with Gasteiger partial charge in [0, 0.05) is 25.9 Å². The normalized spacial score (nSPS) is 17.8. The first kappa shape index (κ1) is 34.2. The number of halogens is 6. The molecule has 0 spiro atoms. The van der Waals surface area contributed by atoms with Gasteiger partial charge < -0.3 is 27.5 Å². The number of hydrogen-bond acceptors (Lipinski definition) is 6. The highest BCUT2D eigenvalue weighted by atomic mass is 28.4. The summed E-state index contributed by atoms with van der Waals surface area (Å²) in [5.41, 5.74) is 0.701. The van der Waals surface area contributed by atoms with Gasteiger partial charge in [-0.15, -0.1) is 0 Å². The minimum atomic E-state index is -5.74. The van der Waals surface area contributed by atoms with Gasteiger partial charge in [0.2, 0.25) is 11.5 Å². The van der Waals surface area contributed by atoms with E-state index in [2.05, 4.69) is 0 Å². The highest BCUT2D eigenvalue weighted by Crippen LogP contribution is 2.60. The summed E-state index contributed by atoms with van der Waals surface area (Å²) >= 11 is 0. The van der Waals surface area contributed by atoms with Gasteiger partial charge in [-0.3, -0.25) is 0 Å². The number of methoxy groups -OCH3 is 1. The average Bonchev–Trinajstić information content (AvgIpc) is 2.99. The molecule has 0 bridgehead atoms. The molecule has 1 aliphatic carbocycles. The number of benzene rings is 1. The number of unbranched alkanes of at least 4 members (excludes halogenated alkanes) is 3. The Morgan fingerprint density at radius 3 is 1.88 bits per heavy atom. The SMILES string of the molecule is CCCCCCOC1=C(Oc2ccc(CCC[Si](OCC)(OCC)OCC)cc2OC)C(F)(F)C(F)(F)C1(F)F. The van der Waals surface area contributed by atoms with E-state index in [1.165, 1.54) is 25.3 Å². The van der Waals surface area contributed by atoms with E-state index in [0.29, 0.717) is 50.7 Å². The van der Waals surface area contributed by atoms with Gasteiger partial charge in [0.25, 0.3) is 0 Å². The fourth-order valence-corrected chi connectivity index (χ4v) is 6.92. The van der Waals surface area contributed by atoms with E-state index in [1.807, 2.05) is 27.7 Å². The molecule has 0 N–H and O–H groups in total. The summed E-state index contributed by atoms with van der Waals surface area (Å²) in [5.74, 6) is -20.6. The molecule has 1 aromatic rings. The molecule has 0 aromatic heterocycles. The Hall–Kier alpha value is -1.96. The quantitative estimate of drug-likeness (QED) is 0.0916. The predicted molar refractivity (Wildman–Crippen MR) is 139 cm³/mol. The van der Waals surface area contributed by atoms with Crippen LogP contribution in [0.5, 0.6) is 11.5 Å². The minimum Gasteiger partial charge on any atom is -0.493 e. The van der Waals surface area contributed by atoms with Crippen LogP contribution in [0.3, 0.4) is 0 Å². The van der Waals surface area contributed by atoms with E-state index in [0.717, 1.165) is 12.8 Å². The molecule has 1 aliphatic rings. The van der Waals surface area contributed by atoms with Crippen LogP contribution in [0.25, 0.3) is 0 Å². The van der Waals surface area contributed by atoms with E-state index in [-0.39, 0.29) is 12.2 Å². The molecule has 1 aromatic carbocycles. The first-order valence-corrected chi connectivity index (χ1v) is 15.6. The molecule has 40 heavy (non-hydrogen) atoms. The number of hydrogen-bond donors (Lipinski definition) is 0. The van der Waals surface area contributed by atoms with Crippen molar-refractivity contribution in [2.45, 2.75) is 90.0 Å². The number of ether oxygens (including phenoxy) is 3. The molecule has 0 radical (unpaired) electrons. The molecule has 230 valence electrons. The second-order valence-corrected chi connectivity index (χ2v) is 11.9. The summed E-state index contributed by atoms with van der Waals surface area (Å²) in [6.45, 7) is 8.30. The first-order chi connectivity index (χ1) is 18.9. The Morgan fingerprint density at radius 1 is 0.725 bits per heavy atom. The second-order valence-electron chi connectivity index (χ2n) is 9.21. The van der Waals surface area contributed by atoms with Crippen molar-refractivity contribution in [2.24, 2.45) is 0 Å². The summed E-state index contributed by atoms with van der Waals surface area (Å²) in [4.78, 5) is 0. The van der Waals surface area contributed by atoms with Crippen LogP contribution in [0.4, 0.5) is 26.3 Å². The lowest BCUT2D eigenvalue weighted by atomic mass is 10.1. The van der Waals surface area contributed by atoms with Crippen molar-refractivity contribution in [3.05, 3.63) is 35.3 Å². The summed E-state index contributed by atoms with van der Waals surface area (Å²) in [7, 11) is -1.66. The van der Waals surface area contributed by atoms with Gasteiger partial charge >= 0.3 is 26.6 Å². The highest BCUT2D eigenvalue weighted by molar-refractivity contribution is 6.60. The van der Waals surface area contributed by atoms with Crippen molar-refractivity contribution in [3.63, 3.8) is 0 Å². The summed E-state index contributed by atoms with van der Waals surface area (Å²) < 4.78 is 119. The van der Waals surface area contributed by atoms with Crippen LogP contribution < -0.4 is 9.47 Å². The van der Waals surface area contributed by atoms with Crippen LogP contribution in [0, 0.1) is 0 Å². The zero-order chi connectivity index (χ0) is 30.0. The maximum atomic E-state index is 14.7. The maximum Gasteiger partial charge on any atom is 0.500 e. The van der Waals surface area contributed by atoms with E-state index in [1.54, 1.807) is 0 Å². The number of alkyl halides is 6. The third kappa shape index (κ3) is 7.45. The number of allylic oxidation sites excluding steroid dienone is 2. The Kier molecular flexibility index (Phi) is 12.7. The van der Waals surface area contributed by atoms with E-state index >= 15 is 0 Å². The molecule has 0 heterocycles. The van der Waals surface area contributed by atoms with Crippen LogP contribution in [-0.2, 0) is 24.4 Å². The van der Waals surface area contributed by atoms with Crippen LogP contribution in [0.1, 0.15) is 65.4 Å². The third-order valence-corrected chi connectivity index (χ3v) is 9.44.